The van der Waals surface area contributed by atoms with Crippen molar-refractivity contribution in [2.45, 2.75) is 30.0 Å². The quantitative estimate of drug-likeness (QED) is 0.452. The molecule has 0 heterocycles. The second kappa shape index (κ2) is 5.75. The van der Waals surface area contributed by atoms with Crippen LogP contribution in [0, 0.1) is 10.1 Å². The zero-order valence-electron chi connectivity index (χ0n) is 9.54. The topological polar surface area (TPSA) is 52.4 Å². The normalized spacial score (nSPS) is 14.2. The largest absolute Gasteiger partial charge is 0.497 e. The molecule has 0 aromatic heterocycles. The average molecular weight is 241 g/mol. The van der Waals surface area contributed by atoms with E-state index in [2.05, 4.69) is 0 Å². The van der Waals surface area contributed by atoms with Crippen LogP contribution in [0.3, 0.4) is 0 Å². The molecule has 4 nitrogen and oxygen atoms in total. The number of thioether (sulfide) groups is 1. The summed E-state index contributed by atoms with van der Waals surface area (Å²) in [7, 11) is 1.61. The molecule has 0 radical (unpaired) electrons. The molecular weight excluding hydrogens is 226 g/mol. The molecule has 1 aromatic rings. The van der Waals surface area contributed by atoms with E-state index in [1.807, 2.05) is 31.2 Å². The Balaban J connectivity index is 2.62. The Bertz CT molecular complexity index is 353. The van der Waals surface area contributed by atoms with Gasteiger partial charge in [-0.05, 0) is 31.2 Å². The van der Waals surface area contributed by atoms with Gasteiger partial charge in [0.1, 0.15) is 5.75 Å². The van der Waals surface area contributed by atoms with Crippen LogP contribution in [-0.4, -0.2) is 23.3 Å². The van der Waals surface area contributed by atoms with Crippen molar-refractivity contribution in [3.05, 3.63) is 34.4 Å². The summed E-state index contributed by atoms with van der Waals surface area (Å²) in [6.07, 6.45) is 0. The van der Waals surface area contributed by atoms with Crippen LogP contribution in [0.5, 0.6) is 5.75 Å². The first kappa shape index (κ1) is 12.8. The second-order valence-electron chi connectivity index (χ2n) is 3.52. The van der Waals surface area contributed by atoms with E-state index in [0.717, 1.165) is 10.6 Å². The van der Waals surface area contributed by atoms with Crippen LogP contribution >= 0.6 is 11.8 Å². The molecule has 2 atom stereocenters. The molecule has 0 saturated carbocycles. The molecule has 1 aromatic carbocycles. The highest BCUT2D eigenvalue weighted by Crippen LogP contribution is 2.27. The third-order valence-electron chi connectivity index (χ3n) is 2.39. The fourth-order valence-electron chi connectivity index (χ4n) is 1.14. The molecule has 0 aliphatic rings. The van der Waals surface area contributed by atoms with Gasteiger partial charge in [-0.1, -0.05) is 0 Å². The van der Waals surface area contributed by atoms with Gasteiger partial charge in [-0.2, -0.15) is 0 Å². The number of nitrogens with zero attached hydrogens (tertiary/aromatic N) is 1. The van der Waals surface area contributed by atoms with E-state index >= 15 is 0 Å². The Hall–Kier alpha value is -1.23. The highest BCUT2D eigenvalue weighted by atomic mass is 32.2. The molecule has 5 heteroatoms. The first-order valence-electron chi connectivity index (χ1n) is 4.98. The number of hydrogen-bond donors (Lipinski definition) is 0. The molecule has 0 bridgehead atoms. The van der Waals surface area contributed by atoms with Crippen LogP contribution in [0.4, 0.5) is 0 Å². The molecular formula is C11H15NO3S. The SMILES string of the molecule is COc1ccc(S[C@@H](C)[C@@H](C)[N+](=O)[O-])cc1. The number of rotatable bonds is 5. The molecule has 88 valence electrons. The molecule has 0 aliphatic heterocycles. The van der Waals surface area contributed by atoms with Gasteiger partial charge < -0.3 is 4.74 Å². The van der Waals surface area contributed by atoms with Gasteiger partial charge in [-0.15, -0.1) is 11.8 Å². The Morgan fingerprint density at radius 3 is 2.31 bits per heavy atom. The van der Waals surface area contributed by atoms with Crippen molar-refractivity contribution in [2.75, 3.05) is 7.11 Å². The van der Waals surface area contributed by atoms with E-state index in [0.29, 0.717) is 0 Å². The first-order chi connectivity index (χ1) is 7.54. The zero-order valence-corrected chi connectivity index (χ0v) is 10.4. The predicted molar refractivity (Wildman–Crippen MR) is 64.8 cm³/mol. The second-order valence-corrected chi connectivity index (χ2v) is 4.98. The van der Waals surface area contributed by atoms with E-state index < -0.39 is 6.04 Å². The fraction of sp³-hybridized carbons (Fsp3) is 0.455. The van der Waals surface area contributed by atoms with Gasteiger partial charge in [0.05, 0.1) is 12.4 Å². The lowest BCUT2D eigenvalue weighted by Crippen LogP contribution is -2.25. The molecule has 0 aliphatic carbocycles. The van der Waals surface area contributed by atoms with Gasteiger partial charge in [-0.25, -0.2) is 0 Å². The molecule has 0 amide bonds. The Kier molecular flexibility index (Phi) is 4.61. The predicted octanol–water partition coefficient (Wildman–Crippen LogP) is 2.84. The van der Waals surface area contributed by atoms with E-state index in [1.165, 1.54) is 11.8 Å². The van der Waals surface area contributed by atoms with Gasteiger partial charge in [0, 0.05) is 16.7 Å². The summed E-state index contributed by atoms with van der Waals surface area (Å²) >= 11 is 1.50. The van der Waals surface area contributed by atoms with Crippen LogP contribution < -0.4 is 4.74 Å². The maximum Gasteiger partial charge on any atom is 0.222 e. The van der Waals surface area contributed by atoms with Crippen LogP contribution in [-0.2, 0) is 0 Å². The molecule has 0 unspecified atom stereocenters. The van der Waals surface area contributed by atoms with Crippen molar-refractivity contribution >= 4 is 11.8 Å². The Morgan fingerprint density at radius 2 is 1.88 bits per heavy atom. The third-order valence-corrected chi connectivity index (χ3v) is 3.70. The minimum Gasteiger partial charge on any atom is -0.497 e. The Labute approximate surface area is 99.1 Å². The number of methoxy groups -OCH3 is 1. The van der Waals surface area contributed by atoms with E-state index in [4.69, 9.17) is 4.74 Å². The first-order valence-corrected chi connectivity index (χ1v) is 5.86. The van der Waals surface area contributed by atoms with E-state index in [-0.39, 0.29) is 10.2 Å². The molecule has 0 saturated heterocycles. The van der Waals surface area contributed by atoms with Gasteiger partial charge >= 0.3 is 0 Å². The summed E-state index contributed by atoms with van der Waals surface area (Å²) in [5.74, 6) is 0.791. The molecule has 1 rings (SSSR count). The van der Waals surface area contributed by atoms with Crippen LogP contribution in [0.1, 0.15) is 13.8 Å². The van der Waals surface area contributed by atoms with E-state index in [9.17, 15) is 10.1 Å². The smallest absolute Gasteiger partial charge is 0.222 e. The van der Waals surface area contributed by atoms with Crippen LogP contribution in [0.25, 0.3) is 0 Å². The molecule has 16 heavy (non-hydrogen) atoms. The third kappa shape index (κ3) is 3.41. The van der Waals surface area contributed by atoms with E-state index in [1.54, 1.807) is 14.0 Å². The summed E-state index contributed by atoms with van der Waals surface area (Å²) in [5, 5.41) is 10.6. The van der Waals surface area contributed by atoms with Crippen molar-refractivity contribution in [3.8, 4) is 5.75 Å². The number of benzene rings is 1. The average Bonchev–Trinajstić information content (AvgIpc) is 2.28. The summed E-state index contributed by atoms with van der Waals surface area (Å²) in [6, 6.07) is 6.98. The zero-order chi connectivity index (χ0) is 12.1. The highest BCUT2D eigenvalue weighted by molar-refractivity contribution is 8.00. The van der Waals surface area contributed by atoms with Crippen LogP contribution in [0.15, 0.2) is 29.2 Å². The van der Waals surface area contributed by atoms with Crippen molar-refractivity contribution in [2.24, 2.45) is 0 Å². The molecule has 0 fully saturated rings. The summed E-state index contributed by atoms with van der Waals surface area (Å²) < 4.78 is 5.04. The monoisotopic (exact) mass is 241 g/mol. The Morgan fingerprint density at radius 1 is 1.31 bits per heavy atom. The number of ether oxygens (including phenoxy) is 1. The van der Waals surface area contributed by atoms with Crippen molar-refractivity contribution in [1.29, 1.82) is 0 Å². The lowest BCUT2D eigenvalue weighted by atomic mass is 10.3. The van der Waals surface area contributed by atoms with Crippen molar-refractivity contribution < 1.29 is 9.66 Å². The minimum absolute atomic E-state index is 0.0524. The summed E-state index contributed by atoms with van der Waals surface area (Å²) in [6.45, 7) is 3.49. The maximum atomic E-state index is 10.6. The highest BCUT2D eigenvalue weighted by Gasteiger charge is 2.22. The van der Waals surface area contributed by atoms with Gasteiger partial charge in [-0.3, -0.25) is 10.1 Å². The summed E-state index contributed by atoms with van der Waals surface area (Å²) in [4.78, 5) is 11.4. The number of nitro groups is 1. The molecule has 0 spiro atoms. The lowest BCUT2D eigenvalue weighted by molar-refractivity contribution is -0.516. The standard InChI is InChI=1S/C11H15NO3S/c1-8(12(13)14)9(2)16-11-6-4-10(15-3)5-7-11/h4-9H,1-3H3/t8-,9+/m1/s1. The molecule has 0 N–H and O–H groups in total. The lowest BCUT2D eigenvalue weighted by Gasteiger charge is -2.12. The summed E-state index contributed by atoms with van der Waals surface area (Å²) in [5.41, 5.74) is 0. The van der Waals surface area contributed by atoms with Crippen LogP contribution in [0.2, 0.25) is 0 Å². The van der Waals surface area contributed by atoms with Gasteiger partial charge in [0.2, 0.25) is 6.04 Å². The fourth-order valence-corrected chi connectivity index (χ4v) is 2.16. The minimum atomic E-state index is -0.549. The van der Waals surface area contributed by atoms with Gasteiger partial charge in [0.15, 0.2) is 0 Å². The van der Waals surface area contributed by atoms with Crippen molar-refractivity contribution in [3.63, 3.8) is 0 Å². The maximum absolute atomic E-state index is 10.6. The van der Waals surface area contributed by atoms with Gasteiger partial charge in [0.25, 0.3) is 0 Å². The number of hydrogen-bond acceptors (Lipinski definition) is 4. The van der Waals surface area contributed by atoms with Crippen molar-refractivity contribution in [1.82, 2.24) is 0 Å².